The molecule has 2 saturated heterocycles. The van der Waals surface area contributed by atoms with Crippen LogP contribution in [-0.2, 0) is 15.9 Å². The van der Waals surface area contributed by atoms with Gasteiger partial charge >= 0.3 is 0 Å². The normalized spacial score (nSPS) is 22.9. The van der Waals surface area contributed by atoms with Gasteiger partial charge in [-0.05, 0) is 77.3 Å². The Balaban J connectivity index is 1.67. The van der Waals surface area contributed by atoms with Crippen molar-refractivity contribution in [3.8, 4) is 11.5 Å². The van der Waals surface area contributed by atoms with E-state index in [1.165, 1.54) is 33.4 Å². The van der Waals surface area contributed by atoms with Crippen molar-refractivity contribution in [2.45, 2.75) is 124 Å². The summed E-state index contributed by atoms with van der Waals surface area (Å²) in [5, 5.41) is 0. The van der Waals surface area contributed by atoms with Crippen LogP contribution in [0.3, 0.4) is 0 Å². The minimum absolute atomic E-state index is 0.221. The molecule has 4 nitrogen and oxygen atoms in total. The van der Waals surface area contributed by atoms with E-state index < -0.39 is 0 Å². The molecule has 0 spiro atoms. The highest BCUT2D eigenvalue weighted by molar-refractivity contribution is 5.52. The number of hydrogen-bond acceptors (Lipinski definition) is 4. The van der Waals surface area contributed by atoms with Crippen LogP contribution in [0.25, 0.3) is 0 Å². The Bertz CT molecular complexity index is 940. The first-order valence-electron chi connectivity index (χ1n) is 14.4. The Hall–Kier alpha value is -2.04. The molecule has 4 heteroatoms. The van der Waals surface area contributed by atoms with Crippen molar-refractivity contribution in [3.05, 3.63) is 57.6 Å². The highest BCUT2D eigenvalue weighted by Crippen LogP contribution is 2.40. The lowest BCUT2D eigenvalue weighted by atomic mass is 9.87. The molecule has 0 N–H and O–H groups in total. The summed E-state index contributed by atoms with van der Waals surface area (Å²) < 4.78 is 24.0. The van der Waals surface area contributed by atoms with Crippen LogP contribution in [0.2, 0.25) is 0 Å². The molecule has 0 aromatic heterocycles. The van der Waals surface area contributed by atoms with E-state index in [0.29, 0.717) is 49.1 Å². The molecule has 0 aliphatic carbocycles. The van der Waals surface area contributed by atoms with Gasteiger partial charge in [-0.2, -0.15) is 0 Å². The molecule has 2 aliphatic rings. The third-order valence-corrected chi connectivity index (χ3v) is 7.77. The summed E-state index contributed by atoms with van der Waals surface area (Å²) in [7, 11) is 0. The second-order valence-corrected chi connectivity index (χ2v) is 12.4. The lowest BCUT2D eigenvalue weighted by Gasteiger charge is -2.23. The van der Waals surface area contributed by atoms with E-state index in [1.807, 2.05) is 0 Å². The Morgan fingerprint density at radius 1 is 0.568 bits per heavy atom. The number of benzene rings is 2. The number of epoxide rings is 2. The van der Waals surface area contributed by atoms with Crippen molar-refractivity contribution in [3.63, 3.8) is 0 Å². The van der Waals surface area contributed by atoms with Crippen molar-refractivity contribution < 1.29 is 18.9 Å². The molecule has 2 fully saturated rings. The first-order valence-corrected chi connectivity index (χ1v) is 14.4. The summed E-state index contributed by atoms with van der Waals surface area (Å²) in [5.74, 6) is 3.64. The number of ether oxygens (including phenoxy) is 4. The monoisotopic (exact) mass is 508 g/mol. The lowest BCUT2D eigenvalue weighted by Crippen LogP contribution is -2.12. The van der Waals surface area contributed by atoms with Crippen LogP contribution >= 0.6 is 0 Å². The fourth-order valence-corrected chi connectivity index (χ4v) is 5.11. The number of rotatable bonds is 12. The lowest BCUT2D eigenvalue weighted by molar-refractivity contribution is 0.255. The molecule has 2 aromatic carbocycles. The van der Waals surface area contributed by atoms with Crippen molar-refractivity contribution >= 4 is 0 Å². The molecular weight excluding hydrogens is 460 g/mol. The molecule has 4 unspecified atom stereocenters. The first-order chi connectivity index (χ1) is 17.5. The topological polar surface area (TPSA) is 43.5 Å². The Labute approximate surface area is 225 Å². The maximum absolute atomic E-state index is 6.41. The van der Waals surface area contributed by atoms with E-state index >= 15 is 0 Å². The average Bonchev–Trinajstić information content (AvgIpc) is 3.73. The van der Waals surface area contributed by atoms with Gasteiger partial charge in [0.2, 0.25) is 0 Å². The summed E-state index contributed by atoms with van der Waals surface area (Å²) in [6, 6.07) is 9.46. The molecular formula is C33H48O4. The van der Waals surface area contributed by atoms with Gasteiger partial charge in [-0.3, -0.25) is 0 Å². The van der Waals surface area contributed by atoms with Gasteiger partial charge in [-0.25, -0.2) is 0 Å². The summed E-state index contributed by atoms with van der Waals surface area (Å²) in [5.41, 5.74) is 7.85. The van der Waals surface area contributed by atoms with Gasteiger partial charge in [0.25, 0.3) is 0 Å². The van der Waals surface area contributed by atoms with E-state index in [1.54, 1.807) is 0 Å². The van der Waals surface area contributed by atoms with E-state index in [-0.39, 0.29) is 12.2 Å². The van der Waals surface area contributed by atoms with Crippen LogP contribution < -0.4 is 9.47 Å². The third-order valence-electron chi connectivity index (χ3n) is 7.77. The molecule has 2 aliphatic heterocycles. The largest absolute Gasteiger partial charge is 0.490 e. The van der Waals surface area contributed by atoms with Gasteiger partial charge < -0.3 is 18.9 Å². The fourth-order valence-electron chi connectivity index (χ4n) is 5.11. The first kappa shape index (κ1) is 28.0. The predicted molar refractivity (Wildman–Crippen MR) is 152 cm³/mol. The van der Waals surface area contributed by atoms with E-state index in [2.05, 4.69) is 93.5 Å². The second-order valence-electron chi connectivity index (χ2n) is 12.4. The standard InChI is InChI=1S/C33H48O4/c1-18(2)26-12-24(13-27(19(3)4)32(26)34-16-30-22(9)36-30)11-25-14-28(20(5)6)33(29(15-25)21(7)8)35-17-31-23(10)37-31/h12-15,18-23,30-31H,11,16-17H2,1-10H3. The molecule has 37 heavy (non-hydrogen) atoms. The highest BCUT2D eigenvalue weighted by Gasteiger charge is 2.36. The van der Waals surface area contributed by atoms with Gasteiger partial charge in [0.1, 0.15) is 36.9 Å². The Morgan fingerprint density at radius 3 is 1.05 bits per heavy atom. The van der Waals surface area contributed by atoms with Crippen LogP contribution in [0.1, 0.15) is 126 Å². The summed E-state index contributed by atoms with van der Waals surface area (Å²) >= 11 is 0. The van der Waals surface area contributed by atoms with Crippen molar-refractivity contribution in [2.75, 3.05) is 13.2 Å². The highest BCUT2D eigenvalue weighted by atomic mass is 16.6. The number of hydrogen-bond donors (Lipinski definition) is 0. The molecule has 0 amide bonds. The third kappa shape index (κ3) is 6.70. The second kappa shape index (κ2) is 11.4. The SMILES string of the molecule is CC(C)c1cc(Cc2cc(C(C)C)c(OCC3OC3C)c(C(C)C)c2)cc(C(C)C)c1OCC1OC1C. The van der Waals surface area contributed by atoms with Crippen molar-refractivity contribution in [1.29, 1.82) is 0 Å². The molecule has 2 aromatic rings. The molecule has 4 rings (SSSR count). The van der Waals surface area contributed by atoms with Crippen LogP contribution in [-0.4, -0.2) is 37.6 Å². The van der Waals surface area contributed by atoms with Gasteiger partial charge in [0.15, 0.2) is 0 Å². The van der Waals surface area contributed by atoms with Crippen LogP contribution in [0.4, 0.5) is 0 Å². The zero-order valence-corrected chi connectivity index (χ0v) is 24.7. The van der Waals surface area contributed by atoms with Gasteiger partial charge in [-0.15, -0.1) is 0 Å². The van der Waals surface area contributed by atoms with Gasteiger partial charge in [-0.1, -0.05) is 79.7 Å². The van der Waals surface area contributed by atoms with Gasteiger partial charge in [0.05, 0.1) is 12.2 Å². The predicted octanol–water partition coefficient (Wildman–Crippen LogP) is 8.10. The molecule has 0 saturated carbocycles. The molecule has 0 radical (unpaired) electrons. The zero-order chi connectivity index (χ0) is 27.0. The van der Waals surface area contributed by atoms with E-state index in [4.69, 9.17) is 18.9 Å². The molecule has 204 valence electrons. The smallest absolute Gasteiger partial charge is 0.126 e. The molecule has 2 heterocycles. The average molecular weight is 509 g/mol. The van der Waals surface area contributed by atoms with Gasteiger partial charge in [0, 0.05) is 0 Å². The van der Waals surface area contributed by atoms with Crippen molar-refractivity contribution in [2.24, 2.45) is 0 Å². The minimum atomic E-state index is 0.221. The summed E-state index contributed by atoms with van der Waals surface area (Å²) in [6.07, 6.45) is 1.95. The maximum Gasteiger partial charge on any atom is 0.126 e. The summed E-state index contributed by atoms with van der Waals surface area (Å²) in [6.45, 7) is 23.6. The Morgan fingerprint density at radius 2 is 0.838 bits per heavy atom. The summed E-state index contributed by atoms with van der Waals surface area (Å²) in [4.78, 5) is 0. The minimum Gasteiger partial charge on any atom is -0.490 e. The zero-order valence-electron chi connectivity index (χ0n) is 24.7. The van der Waals surface area contributed by atoms with E-state index in [9.17, 15) is 0 Å². The molecule has 4 atom stereocenters. The van der Waals surface area contributed by atoms with Crippen molar-refractivity contribution in [1.82, 2.24) is 0 Å². The Kier molecular flexibility index (Phi) is 8.60. The van der Waals surface area contributed by atoms with E-state index in [0.717, 1.165) is 17.9 Å². The van der Waals surface area contributed by atoms with Crippen LogP contribution in [0.5, 0.6) is 11.5 Å². The quantitative estimate of drug-likeness (QED) is 0.272. The maximum atomic E-state index is 6.41. The van der Waals surface area contributed by atoms with Crippen LogP contribution in [0, 0.1) is 0 Å². The van der Waals surface area contributed by atoms with Crippen LogP contribution in [0.15, 0.2) is 24.3 Å². The fraction of sp³-hybridized carbons (Fsp3) is 0.636. The molecule has 0 bridgehead atoms.